The molecule has 0 saturated carbocycles. The molecule has 7 nitrogen and oxygen atoms in total. The Labute approximate surface area is 148 Å². The van der Waals surface area contributed by atoms with Crippen LogP contribution in [-0.2, 0) is 4.79 Å². The lowest BCUT2D eigenvalue weighted by Gasteiger charge is -2.31. The maximum absolute atomic E-state index is 12.9. The number of hydrogen-bond donors (Lipinski definition) is 2. The van der Waals surface area contributed by atoms with Crippen molar-refractivity contribution in [2.24, 2.45) is 0 Å². The number of carbonyl (C=O) groups excluding carboxylic acids is 2. The van der Waals surface area contributed by atoms with E-state index < -0.39 is 17.4 Å². The van der Waals surface area contributed by atoms with E-state index >= 15 is 0 Å². The predicted molar refractivity (Wildman–Crippen MR) is 92.0 cm³/mol. The van der Waals surface area contributed by atoms with Crippen molar-refractivity contribution in [2.75, 3.05) is 11.9 Å². The molecule has 3 heterocycles. The quantitative estimate of drug-likeness (QED) is 0.871. The number of carboxylic acids is 1. The summed E-state index contributed by atoms with van der Waals surface area (Å²) in [7, 11) is 0. The highest BCUT2D eigenvalue weighted by Crippen LogP contribution is 2.35. The number of carbonyl (C=O) groups is 3. The monoisotopic (exact) mass is 362 g/mol. The number of aryl methyl sites for hydroxylation is 1. The number of aliphatic carboxylic acids is 1. The molecule has 3 rings (SSSR count). The van der Waals surface area contributed by atoms with Gasteiger partial charge in [-0.15, -0.1) is 11.3 Å². The van der Waals surface area contributed by atoms with Gasteiger partial charge in [-0.25, -0.2) is 4.79 Å². The number of thiophene rings is 1. The summed E-state index contributed by atoms with van der Waals surface area (Å²) >= 11 is 1.13. The zero-order valence-corrected chi connectivity index (χ0v) is 14.7. The Kier molecular flexibility index (Phi) is 4.38. The second-order valence-electron chi connectivity index (χ2n) is 6.19. The fourth-order valence-corrected chi connectivity index (χ4v) is 3.99. The van der Waals surface area contributed by atoms with Gasteiger partial charge in [-0.05, 0) is 50.5 Å². The second-order valence-corrected chi connectivity index (χ2v) is 7.25. The Morgan fingerprint density at radius 1 is 1.40 bits per heavy atom. The highest BCUT2D eigenvalue weighted by Gasteiger charge is 2.46. The van der Waals surface area contributed by atoms with Crippen LogP contribution >= 0.6 is 11.3 Å². The van der Waals surface area contributed by atoms with Crippen molar-refractivity contribution in [3.8, 4) is 0 Å². The molecule has 1 atom stereocenters. The maximum Gasteiger partial charge on any atom is 0.329 e. The highest BCUT2D eigenvalue weighted by molar-refractivity contribution is 7.18. The van der Waals surface area contributed by atoms with Crippen LogP contribution in [0.2, 0.25) is 0 Å². The van der Waals surface area contributed by atoms with Gasteiger partial charge in [0.15, 0.2) is 5.76 Å². The third-order valence-electron chi connectivity index (χ3n) is 4.44. The smallest absolute Gasteiger partial charge is 0.329 e. The Hall–Kier alpha value is -2.61. The topological polar surface area (TPSA) is 99.9 Å². The van der Waals surface area contributed by atoms with Gasteiger partial charge in [0.1, 0.15) is 5.54 Å². The first kappa shape index (κ1) is 17.2. The van der Waals surface area contributed by atoms with E-state index in [-0.39, 0.29) is 11.7 Å². The summed E-state index contributed by atoms with van der Waals surface area (Å²) < 4.78 is 5.04. The van der Waals surface area contributed by atoms with Gasteiger partial charge < -0.3 is 19.7 Å². The summed E-state index contributed by atoms with van der Waals surface area (Å²) in [5, 5.41) is 12.7. The molecule has 2 aromatic heterocycles. The van der Waals surface area contributed by atoms with E-state index in [9.17, 15) is 19.5 Å². The van der Waals surface area contributed by atoms with E-state index in [1.807, 2.05) is 0 Å². The highest BCUT2D eigenvalue weighted by atomic mass is 32.1. The van der Waals surface area contributed by atoms with Crippen molar-refractivity contribution in [1.82, 2.24) is 4.90 Å². The lowest BCUT2D eigenvalue weighted by molar-refractivity contribution is -0.147. The van der Waals surface area contributed by atoms with Gasteiger partial charge in [-0.2, -0.15) is 0 Å². The zero-order valence-electron chi connectivity index (χ0n) is 13.9. The molecule has 0 bridgehead atoms. The molecule has 2 N–H and O–H groups in total. The van der Waals surface area contributed by atoms with Crippen molar-refractivity contribution < 1.29 is 23.9 Å². The first-order chi connectivity index (χ1) is 11.8. The molecule has 1 aliphatic heterocycles. The number of nitrogens with zero attached hydrogens (tertiary/aromatic N) is 1. The zero-order chi connectivity index (χ0) is 18.2. The third kappa shape index (κ3) is 3.05. The van der Waals surface area contributed by atoms with Crippen molar-refractivity contribution in [1.29, 1.82) is 0 Å². The van der Waals surface area contributed by atoms with Gasteiger partial charge in [0, 0.05) is 6.54 Å². The third-order valence-corrected chi connectivity index (χ3v) is 5.58. The van der Waals surface area contributed by atoms with Crippen LogP contribution in [-0.4, -0.2) is 39.9 Å². The number of carboxylic acid groups (broad SMARTS) is 1. The average molecular weight is 362 g/mol. The van der Waals surface area contributed by atoms with Gasteiger partial charge in [0.25, 0.3) is 11.8 Å². The average Bonchev–Trinajstić information content (AvgIpc) is 3.27. The van der Waals surface area contributed by atoms with E-state index in [2.05, 4.69) is 5.32 Å². The molecule has 0 aromatic carbocycles. The van der Waals surface area contributed by atoms with Crippen LogP contribution in [0.5, 0.6) is 0 Å². The fourth-order valence-electron chi connectivity index (χ4n) is 2.97. The van der Waals surface area contributed by atoms with Crippen LogP contribution in [0.15, 0.2) is 28.9 Å². The van der Waals surface area contributed by atoms with E-state index in [1.54, 1.807) is 32.0 Å². The Balaban J connectivity index is 1.81. The molecule has 0 radical (unpaired) electrons. The standard InChI is InChI=1S/C17H18N2O5S/c1-10-9-12(18-14(20)11-5-3-8-24-11)25-13(10)15(21)19-7-4-6-17(19,2)16(22)23/h3,5,8-9H,4,6-7H2,1-2H3,(H,18,20)(H,22,23). The Morgan fingerprint density at radius 2 is 2.16 bits per heavy atom. The minimum absolute atomic E-state index is 0.178. The first-order valence-corrected chi connectivity index (χ1v) is 8.65. The van der Waals surface area contributed by atoms with Crippen molar-refractivity contribution in [2.45, 2.75) is 32.2 Å². The molecule has 1 fully saturated rings. The van der Waals surface area contributed by atoms with Crippen LogP contribution in [0, 0.1) is 6.92 Å². The number of nitrogens with one attached hydrogen (secondary N) is 1. The molecule has 0 spiro atoms. The molecule has 1 unspecified atom stereocenters. The molecule has 132 valence electrons. The Bertz CT molecular complexity index is 826. The molecule has 2 amide bonds. The number of furan rings is 1. The van der Waals surface area contributed by atoms with Crippen LogP contribution in [0.25, 0.3) is 0 Å². The van der Waals surface area contributed by atoms with Gasteiger partial charge in [-0.1, -0.05) is 0 Å². The van der Waals surface area contributed by atoms with Crippen molar-refractivity contribution in [3.63, 3.8) is 0 Å². The number of anilines is 1. The molecular formula is C17H18N2O5S. The molecular weight excluding hydrogens is 344 g/mol. The van der Waals surface area contributed by atoms with Crippen LogP contribution in [0.3, 0.4) is 0 Å². The van der Waals surface area contributed by atoms with Crippen LogP contribution in [0.4, 0.5) is 5.00 Å². The van der Waals surface area contributed by atoms with Gasteiger partial charge >= 0.3 is 5.97 Å². The maximum atomic E-state index is 12.9. The van der Waals surface area contributed by atoms with E-state index in [1.165, 1.54) is 11.2 Å². The van der Waals surface area contributed by atoms with Gasteiger partial charge in [0.05, 0.1) is 16.1 Å². The number of likely N-dealkylation sites (tertiary alicyclic amines) is 1. The van der Waals surface area contributed by atoms with Crippen LogP contribution < -0.4 is 5.32 Å². The lowest BCUT2D eigenvalue weighted by Crippen LogP contribution is -2.50. The first-order valence-electron chi connectivity index (χ1n) is 7.83. The van der Waals surface area contributed by atoms with Crippen molar-refractivity contribution >= 4 is 34.1 Å². The van der Waals surface area contributed by atoms with E-state index in [0.717, 1.165) is 11.3 Å². The van der Waals surface area contributed by atoms with Crippen molar-refractivity contribution in [3.05, 3.63) is 40.7 Å². The summed E-state index contributed by atoms with van der Waals surface area (Å²) in [6.45, 7) is 3.75. The summed E-state index contributed by atoms with van der Waals surface area (Å²) in [4.78, 5) is 38.3. The second kappa shape index (κ2) is 6.36. The summed E-state index contributed by atoms with van der Waals surface area (Å²) in [5.74, 6) is -1.54. The Morgan fingerprint density at radius 3 is 2.80 bits per heavy atom. The number of amides is 2. The number of hydrogen-bond acceptors (Lipinski definition) is 5. The molecule has 8 heteroatoms. The molecule has 0 aliphatic carbocycles. The molecule has 25 heavy (non-hydrogen) atoms. The lowest BCUT2D eigenvalue weighted by atomic mass is 9.99. The summed E-state index contributed by atoms with van der Waals surface area (Å²) in [6, 6.07) is 4.86. The summed E-state index contributed by atoms with van der Waals surface area (Å²) in [6.07, 6.45) is 2.49. The largest absolute Gasteiger partial charge is 0.480 e. The minimum Gasteiger partial charge on any atom is -0.480 e. The van der Waals surface area contributed by atoms with Gasteiger partial charge in [0.2, 0.25) is 0 Å². The molecule has 2 aromatic rings. The minimum atomic E-state index is -1.19. The predicted octanol–water partition coefficient (Wildman–Crippen LogP) is 2.98. The van der Waals surface area contributed by atoms with Crippen LogP contribution in [0.1, 0.15) is 45.6 Å². The fraction of sp³-hybridized carbons (Fsp3) is 0.353. The summed E-state index contributed by atoms with van der Waals surface area (Å²) in [5.41, 5.74) is -0.491. The SMILES string of the molecule is Cc1cc(NC(=O)c2ccco2)sc1C(=O)N1CCCC1(C)C(=O)O. The molecule has 1 saturated heterocycles. The van der Waals surface area contributed by atoms with E-state index in [0.29, 0.717) is 34.8 Å². The van der Waals surface area contributed by atoms with Gasteiger partial charge in [-0.3, -0.25) is 9.59 Å². The normalized spacial score (nSPS) is 19.8. The van der Waals surface area contributed by atoms with E-state index in [4.69, 9.17) is 4.42 Å². The molecule has 1 aliphatic rings. The number of rotatable bonds is 4.